The summed E-state index contributed by atoms with van der Waals surface area (Å²) in [6.45, 7) is 8.76. The number of benzene rings is 1. The van der Waals surface area contributed by atoms with Gasteiger partial charge in [-0.25, -0.2) is 4.79 Å². The third-order valence-corrected chi connectivity index (χ3v) is 5.79. The van der Waals surface area contributed by atoms with Gasteiger partial charge in [-0.3, -0.25) is 4.90 Å². The summed E-state index contributed by atoms with van der Waals surface area (Å²) in [7, 11) is 1.33. The third kappa shape index (κ3) is 5.05. The first-order chi connectivity index (χ1) is 15.0. The van der Waals surface area contributed by atoms with Gasteiger partial charge in [-0.1, -0.05) is 6.92 Å². The largest absolute Gasteiger partial charge is 0.464 e. The average Bonchev–Trinajstić information content (AvgIpc) is 3.07. The smallest absolute Gasteiger partial charge is 0.356 e. The highest BCUT2D eigenvalue weighted by atomic mass is 16.5. The summed E-state index contributed by atoms with van der Waals surface area (Å²) < 4.78 is 16.0. The van der Waals surface area contributed by atoms with Crippen LogP contribution >= 0.6 is 0 Å². The van der Waals surface area contributed by atoms with Gasteiger partial charge in [0.1, 0.15) is 12.4 Å². The van der Waals surface area contributed by atoms with Crippen molar-refractivity contribution in [2.45, 2.75) is 25.8 Å². The van der Waals surface area contributed by atoms with Crippen molar-refractivity contribution < 1.29 is 19.0 Å². The van der Waals surface area contributed by atoms with E-state index in [1.165, 1.54) is 12.7 Å². The van der Waals surface area contributed by atoms with Crippen LogP contribution in [0.4, 0.5) is 17.2 Å². The molecule has 166 valence electrons. The average molecular weight is 428 g/mol. The molecular formula is C22H29N5O4. The Morgan fingerprint density at radius 2 is 2.06 bits per heavy atom. The summed E-state index contributed by atoms with van der Waals surface area (Å²) in [5.41, 5.74) is 3.43. The number of esters is 1. The molecule has 1 aromatic heterocycles. The van der Waals surface area contributed by atoms with Crippen LogP contribution < -0.4 is 15.4 Å². The fourth-order valence-corrected chi connectivity index (χ4v) is 3.79. The van der Waals surface area contributed by atoms with Gasteiger partial charge in [-0.2, -0.15) is 9.97 Å². The molecule has 3 heterocycles. The minimum absolute atomic E-state index is 0.142. The van der Waals surface area contributed by atoms with Crippen molar-refractivity contribution in [1.82, 2.24) is 14.9 Å². The number of ether oxygens (including phenoxy) is 3. The molecule has 31 heavy (non-hydrogen) atoms. The van der Waals surface area contributed by atoms with Crippen LogP contribution in [0.15, 0.2) is 24.3 Å². The first-order valence-corrected chi connectivity index (χ1v) is 10.6. The Morgan fingerprint density at radius 3 is 2.84 bits per heavy atom. The van der Waals surface area contributed by atoms with Crippen molar-refractivity contribution in [3.05, 3.63) is 35.5 Å². The number of nitrogens with one attached hydrogen (secondary N) is 2. The Bertz CT molecular complexity index is 932. The van der Waals surface area contributed by atoms with Crippen LogP contribution in [0.2, 0.25) is 0 Å². The van der Waals surface area contributed by atoms with E-state index in [1.807, 2.05) is 6.07 Å². The minimum Gasteiger partial charge on any atom is -0.464 e. The van der Waals surface area contributed by atoms with Crippen molar-refractivity contribution in [1.29, 1.82) is 0 Å². The highest BCUT2D eigenvalue weighted by molar-refractivity contribution is 5.88. The lowest BCUT2D eigenvalue weighted by Crippen LogP contribution is -2.38. The molecule has 1 aromatic carbocycles. The van der Waals surface area contributed by atoms with E-state index < -0.39 is 5.97 Å². The van der Waals surface area contributed by atoms with Crippen molar-refractivity contribution in [2.24, 2.45) is 0 Å². The molecular weight excluding hydrogens is 398 g/mol. The van der Waals surface area contributed by atoms with Gasteiger partial charge in [0, 0.05) is 49.0 Å². The molecule has 2 N–H and O–H groups in total. The van der Waals surface area contributed by atoms with Crippen LogP contribution in [0.1, 0.15) is 35.8 Å². The summed E-state index contributed by atoms with van der Waals surface area (Å²) in [6.07, 6.45) is 0. The molecule has 1 saturated heterocycles. The zero-order chi connectivity index (χ0) is 21.8. The van der Waals surface area contributed by atoms with Crippen LogP contribution in [0, 0.1) is 0 Å². The molecule has 9 nitrogen and oxygen atoms in total. The maximum absolute atomic E-state index is 12.1. The Kier molecular flexibility index (Phi) is 6.53. The number of nitrogens with zero attached hydrogens (tertiary/aromatic N) is 3. The van der Waals surface area contributed by atoms with Crippen molar-refractivity contribution in [2.75, 3.05) is 57.2 Å². The second-order valence-electron chi connectivity index (χ2n) is 7.86. The Balaban J connectivity index is 1.49. The lowest BCUT2D eigenvalue weighted by atomic mass is 9.98. The quantitative estimate of drug-likeness (QED) is 0.646. The van der Waals surface area contributed by atoms with Gasteiger partial charge < -0.3 is 24.8 Å². The van der Waals surface area contributed by atoms with E-state index in [2.05, 4.69) is 51.5 Å². The number of anilines is 3. The van der Waals surface area contributed by atoms with E-state index in [0.29, 0.717) is 24.4 Å². The van der Waals surface area contributed by atoms with E-state index in [9.17, 15) is 4.79 Å². The van der Waals surface area contributed by atoms with Gasteiger partial charge in [-0.05, 0) is 30.7 Å². The normalized spacial score (nSPS) is 20.6. The SMILES string of the molecule is COC(=O)c1cc(Nc2ccc3c(c2)C(C)C(C)N3)nc(OCCN2CCOCC2)n1. The standard InChI is InChI=1S/C22H29N5O4/c1-14-15(2)23-18-5-4-16(12-17(14)18)24-20-13-19(21(28)29-3)25-22(26-20)31-11-8-27-6-9-30-10-7-27/h4-5,12-15,23H,6-11H2,1-3H3,(H,24,25,26). The van der Waals surface area contributed by atoms with Gasteiger partial charge in [-0.15, -0.1) is 0 Å². The molecule has 9 heteroatoms. The Hall–Kier alpha value is -2.91. The number of carbonyl (C=O) groups is 1. The number of rotatable bonds is 7. The molecule has 1 fully saturated rings. The van der Waals surface area contributed by atoms with Crippen molar-refractivity contribution >= 4 is 23.2 Å². The van der Waals surface area contributed by atoms with Gasteiger partial charge in [0.25, 0.3) is 0 Å². The molecule has 2 aromatic rings. The minimum atomic E-state index is -0.538. The van der Waals surface area contributed by atoms with E-state index >= 15 is 0 Å². The molecule has 0 radical (unpaired) electrons. The highest BCUT2D eigenvalue weighted by Gasteiger charge is 2.25. The number of fused-ring (bicyclic) bond motifs is 1. The van der Waals surface area contributed by atoms with Gasteiger partial charge >= 0.3 is 12.0 Å². The van der Waals surface area contributed by atoms with Crippen LogP contribution in [0.3, 0.4) is 0 Å². The fourth-order valence-electron chi connectivity index (χ4n) is 3.79. The zero-order valence-electron chi connectivity index (χ0n) is 18.2. The molecule has 2 unspecified atom stereocenters. The molecule has 2 atom stereocenters. The van der Waals surface area contributed by atoms with Crippen LogP contribution in [-0.4, -0.2) is 73.4 Å². The van der Waals surface area contributed by atoms with E-state index in [0.717, 1.165) is 44.2 Å². The zero-order valence-corrected chi connectivity index (χ0v) is 18.2. The molecule has 0 bridgehead atoms. The van der Waals surface area contributed by atoms with Gasteiger partial charge in [0.05, 0.1) is 20.3 Å². The molecule has 0 spiro atoms. The predicted molar refractivity (Wildman–Crippen MR) is 117 cm³/mol. The van der Waals surface area contributed by atoms with Gasteiger partial charge in [0.2, 0.25) is 0 Å². The monoisotopic (exact) mass is 427 g/mol. The number of carbonyl (C=O) groups excluding carboxylic acids is 1. The first kappa shape index (κ1) is 21.3. The molecule has 0 saturated carbocycles. The van der Waals surface area contributed by atoms with E-state index in [1.54, 1.807) is 6.07 Å². The predicted octanol–water partition coefficient (Wildman–Crippen LogP) is 2.64. The second kappa shape index (κ2) is 9.49. The molecule has 4 rings (SSSR count). The number of hydrogen-bond acceptors (Lipinski definition) is 9. The fraction of sp³-hybridized carbons (Fsp3) is 0.500. The van der Waals surface area contributed by atoms with Crippen LogP contribution in [0.5, 0.6) is 6.01 Å². The number of methoxy groups -OCH3 is 1. The Morgan fingerprint density at radius 1 is 1.26 bits per heavy atom. The van der Waals surface area contributed by atoms with E-state index in [4.69, 9.17) is 14.2 Å². The molecule has 0 aliphatic carbocycles. The topological polar surface area (TPSA) is 97.8 Å². The van der Waals surface area contributed by atoms with Crippen molar-refractivity contribution in [3.8, 4) is 6.01 Å². The van der Waals surface area contributed by atoms with Crippen molar-refractivity contribution in [3.63, 3.8) is 0 Å². The Labute approximate surface area is 182 Å². The molecule has 0 amide bonds. The summed E-state index contributed by atoms with van der Waals surface area (Å²) >= 11 is 0. The number of aromatic nitrogens is 2. The van der Waals surface area contributed by atoms with Crippen LogP contribution in [-0.2, 0) is 9.47 Å². The molecule has 2 aliphatic heterocycles. The third-order valence-electron chi connectivity index (χ3n) is 5.79. The lowest BCUT2D eigenvalue weighted by Gasteiger charge is -2.26. The second-order valence-corrected chi connectivity index (χ2v) is 7.86. The van der Waals surface area contributed by atoms with Crippen LogP contribution in [0.25, 0.3) is 0 Å². The summed E-state index contributed by atoms with van der Waals surface area (Å²) in [6, 6.07) is 8.24. The number of morpholine rings is 1. The maximum atomic E-state index is 12.1. The number of hydrogen-bond donors (Lipinski definition) is 2. The summed E-state index contributed by atoms with van der Waals surface area (Å²) in [5, 5.41) is 6.76. The van der Waals surface area contributed by atoms with Gasteiger partial charge in [0.15, 0.2) is 5.69 Å². The lowest BCUT2D eigenvalue weighted by molar-refractivity contribution is 0.0316. The highest BCUT2D eigenvalue weighted by Crippen LogP contribution is 2.37. The summed E-state index contributed by atoms with van der Waals surface area (Å²) in [5.74, 6) is 0.347. The molecule has 2 aliphatic rings. The maximum Gasteiger partial charge on any atom is 0.356 e. The summed E-state index contributed by atoms with van der Waals surface area (Å²) in [4.78, 5) is 23.0. The van der Waals surface area contributed by atoms with E-state index in [-0.39, 0.29) is 11.7 Å². The first-order valence-electron chi connectivity index (χ1n) is 10.6.